The van der Waals surface area contributed by atoms with Crippen LogP contribution in [-0.4, -0.2) is 17.4 Å². The van der Waals surface area contributed by atoms with Crippen molar-refractivity contribution in [3.05, 3.63) is 29.3 Å². The van der Waals surface area contributed by atoms with Crippen LogP contribution in [0, 0.1) is 6.92 Å². The Morgan fingerprint density at radius 3 is 2.71 bits per heavy atom. The van der Waals surface area contributed by atoms with E-state index < -0.39 is 0 Å². The molecule has 1 N–H and O–H groups in total. The third kappa shape index (κ3) is 2.42. The molecule has 1 aromatic carbocycles. The highest BCUT2D eigenvalue weighted by atomic mass is 16.3. The molecule has 0 aliphatic heterocycles. The van der Waals surface area contributed by atoms with E-state index in [-0.39, 0.29) is 6.61 Å². The van der Waals surface area contributed by atoms with Crippen molar-refractivity contribution in [1.82, 2.24) is 0 Å². The molecule has 0 aliphatic carbocycles. The van der Waals surface area contributed by atoms with Crippen LogP contribution < -0.4 is 0 Å². The van der Waals surface area contributed by atoms with Crippen LogP contribution in [0.1, 0.15) is 25.0 Å². The molecule has 0 bridgehead atoms. The van der Waals surface area contributed by atoms with E-state index in [1.807, 2.05) is 26.0 Å². The van der Waals surface area contributed by atoms with E-state index in [0.29, 0.717) is 0 Å². The molecular weight excluding hydrogens is 174 g/mol. The molecule has 0 unspecified atom stereocenters. The first-order valence-electron chi connectivity index (χ1n) is 4.92. The normalized spacial score (nSPS) is 11.9. The summed E-state index contributed by atoms with van der Waals surface area (Å²) in [6.07, 6.45) is 0.971. The van der Waals surface area contributed by atoms with Gasteiger partial charge in [-0.1, -0.05) is 25.1 Å². The van der Waals surface area contributed by atoms with Crippen LogP contribution in [0.2, 0.25) is 0 Å². The lowest BCUT2D eigenvalue weighted by atomic mass is 10.1. The van der Waals surface area contributed by atoms with Gasteiger partial charge in [-0.15, -0.1) is 0 Å². The Morgan fingerprint density at radius 1 is 1.43 bits per heavy atom. The van der Waals surface area contributed by atoms with Gasteiger partial charge in [-0.2, -0.15) is 0 Å². The summed E-state index contributed by atoms with van der Waals surface area (Å²) in [7, 11) is 0. The molecule has 0 amide bonds. The topological polar surface area (TPSA) is 32.6 Å². The van der Waals surface area contributed by atoms with Gasteiger partial charge in [0.15, 0.2) is 0 Å². The van der Waals surface area contributed by atoms with Gasteiger partial charge in [0.05, 0.1) is 12.3 Å². The Hall–Kier alpha value is -1.15. The van der Waals surface area contributed by atoms with E-state index in [4.69, 9.17) is 5.11 Å². The molecule has 0 heterocycles. The summed E-state index contributed by atoms with van der Waals surface area (Å²) in [5.41, 5.74) is 4.17. The van der Waals surface area contributed by atoms with Gasteiger partial charge in [-0.25, -0.2) is 0 Å². The number of aliphatic hydroxyl groups excluding tert-OH is 1. The van der Waals surface area contributed by atoms with Gasteiger partial charge in [0.1, 0.15) is 0 Å². The van der Waals surface area contributed by atoms with E-state index in [1.165, 1.54) is 5.56 Å². The Morgan fingerprint density at radius 2 is 2.14 bits per heavy atom. The lowest BCUT2D eigenvalue weighted by Crippen LogP contribution is -1.97. The molecule has 1 rings (SSSR count). The summed E-state index contributed by atoms with van der Waals surface area (Å²) in [6, 6.07) is 6.17. The van der Waals surface area contributed by atoms with E-state index in [0.717, 1.165) is 23.4 Å². The highest BCUT2D eigenvalue weighted by molar-refractivity contribution is 5.86. The highest BCUT2D eigenvalue weighted by Gasteiger charge is 2.02. The van der Waals surface area contributed by atoms with Crippen LogP contribution in [0.3, 0.4) is 0 Å². The standard InChI is InChI=1S/C12H17NO/c1-4-11-7-5-6-9(2)12(11)13-10(3)8-14/h5-7,14H,4,8H2,1-3H3. The van der Waals surface area contributed by atoms with Crippen LogP contribution in [0.4, 0.5) is 5.69 Å². The molecule has 2 heteroatoms. The smallest absolute Gasteiger partial charge is 0.0811 e. The van der Waals surface area contributed by atoms with E-state index in [1.54, 1.807) is 0 Å². The minimum absolute atomic E-state index is 0.0253. The zero-order valence-corrected chi connectivity index (χ0v) is 9.04. The zero-order chi connectivity index (χ0) is 10.6. The summed E-state index contributed by atoms with van der Waals surface area (Å²) < 4.78 is 0. The van der Waals surface area contributed by atoms with Gasteiger partial charge in [0.25, 0.3) is 0 Å². The average molecular weight is 191 g/mol. The van der Waals surface area contributed by atoms with E-state index in [9.17, 15) is 0 Å². The number of aliphatic hydroxyl groups is 1. The van der Waals surface area contributed by atoms with Gasteiger partial charge in [0, 0.05) is 5.71 Å². The second kappa shape index (κ2) is 4.91. The van der Waals surface area contributed by atoms with Crippen molar-refractivity contribution in [3.8, 4) is 0 Å². The number of nitrogens with zero attached hydrogens (tertiary/aromatic N) is 1. The largest absolute Gasteiger partial charge is 0.390 e. The number of hydrogen-bond donors (Lipinski definition) is 1. The van der Waals surface area contributed by atoms with Crippen LogP contribution >= 0.6 is 0 Å². The molecule has 0 saturated heterocycles. The Kier molecular flexibility index (Phi) is 3.84. The summed E-state index contributed by atoms with van der Waals surface area (Å²) >= 11 is 0. The first kappa shape index (κ1) is 10.9. The zero-order valence-electron chi connectivity index (χ0n) is 9.04. The van der Waals surface area contributed by atoms with Gasteiger partial charge in [-0.3, -0.25) is 4.99 Å². The lowest BCUT2D eigenvalue weighted by Gasteiger charge is -2.07. The SMILES string of the molecule is CCc1cccc(C)c1N=C(C)CO. The quantitative estimate of drug-likeness (QED) is 0.732. The van der Waals surface area contributed by atoms with Crippen LogP contribution in [0.5, 0.6) is 0 Å². The number of benzene rings is 1. The Bertz CT molecular complexity index is 342. The first-order chi connectivity index (χ1) is 6.69. The summed E-state index contributed by atoms with van der Waals surface area (Å²) in [5.74, 6) is 0. The van der Waals surface area contributed by atoms with Crippen molar-refractivity contribution in [2.24, 2.45) is 4.99 Å². The first-order valence-corrected chi connectivity index (χ1v) is 4.92. The average Bonchev–Trinajstić information content (AvgIpc) is 2.20. The summed E-state index contributed by atoms with van der Waals surface area (Å²) in [6.45, 7) is 6.02. The number of aryl methyl sites for hydroxylation is 2. The lowest BCUT2D eigenvalue weighted by molar-refractivity contribution is 0.357. The molecule has 14 heavy (non-hydrogen) atoms. The minimum atomic E-state index is 0.0253. The van der Waals surface area contributed by atoms with Gasteiger partial charge in [-0.05, 0) is 31.4 Å². The molecule has 0 spiro atoms. The molecule has 0 saturated carbocycles. The van der Waals surface area contributed by atoms with Gasteiger partial charge < -0.3 is 5.11 Å². The molecular formula is C12H17NO. The van der Waals surface area contributed by atoms with Gasteiger partial charge >= 0.3 is 0 Å². The van der Waals surface area contributed by atoms with E-state index in [2.05, 4.69) is 18.0 Å². The molecule has 0 radical (unpaired) electrons. The maximum absolute atomic E-state index is 8.92. The number of aliphatic imine (C=N–C) groups is 1. The predicted molar refractivity (Wildman–Crippen MR) is 60.4 cm³/mol. The van der Waals surface area contributed by atoms with Crippen molar-refractivity contribution in [3.63, 3.8) is 0 Å². The fraction of sp³-hybridized carbons (Fsp3) is 0.417. The van der Waals surface area contributed by atoms with Crippen LogP contribution in [0.25, 0.3) is 0 Å². The van der Waals surface area contributed by atoms with Crippen molar-refractivity contribution in [2.45, 2.75) is 27.2 Å². The van der Waals surface area contributed by atoms with Gasteiger partial charge in [0.2, 0.25) is 0 Å². The second-order valence-corrected chi connectivity index (χ2v) is 3.44. The van der Waals surface area contributed by atoms with Crippen molar-refractivity contribution in [1.29, 1.82) is 0 Å². The summed E-state index contributed by atoms with van der Waals surface area (Å²) in [4.78, 5) is 4.41. The van der Waals surface area contributed by atoms with E-state index >= 15 is 0 Å². The van der Waals surface area contributed by atoms with Crippen molar-refractivity contribution in [2.75, 3.05) is 6.61 Å². The monoisotopic (exact) mass is 191 g/mol. The fourth-order valence-electron chi connectivity index (χ4n) is 1.39. The number of rotatable bonds is 3. The molecule has 0 aromatic heterocycles. The third-order valence-electron chi connectivity index (χ3n) is 2.23. The van der Waals surface area contributed by atoms with Crippen LogP contribution in [-0.2, 0) is 6.42 Å². The fourth-order valence-corrected chi connectivity index (χ4v) is 1.39. The minimum Gasteiger partial charge on any atom is -0.390 e. The maximum Gasteiger partial charge on any atom is 0.0811 e. The molecule has 2 nitrogen and oxygen atoms in total. The van der Waals surface area contributed by atoms with Crippen LogP contribution in [0.15, 0.2) is 23.2 Å². The Labute approximate surface area is 85.3 Å². The van der Waals surface area contributed by atoms with Crippen molar-refractivity contribution >= 4 is 11.4 Å². The molecule has 76 valence electrons. The molecule has 1 aromatic rings. The Balaban J connectivity index is 3.17. The van der Waals surface area contributed by atoms with Crippen molar-refractivity contribution < 1.29 is 5.11 Å². The molecule has 0 atom stereocenters. The number of para-hydroxylation sites is 1. The summed E-state index contributed by atoms with van der Waals surface area (Å²) in [5, 5.41) is 8.92. The highest BCUT2D eigenvalue weighted by Crippen LogP contribution is 2.24. The second-order valence-electron chi connectivity index (χ2n) is 3.44. The molecule has 0 fully saturated rings. The third-order valence-corrected chi connectivity index (χ3v) is 2.23. The predicted octanol–water partition coefficient (Wildman–Crippen LogP) is 2.64. The maximum atomic E-state index is 8.92. The number of hydrogen-bond acceptors (Lipinski definition) is 2. The molecule has 0 aliphatic rings.